The molecule has 124 valence electrons. The summed E-state index contributed by atoms with van der Waals surface area (Å²) in [6.07, 6.45) is 0.949. The van der Waals surface area contributed by atoms with Gasteiger partial charge in [-0.3, -0.25) is 14.4 Å². The minimum Gasteiger partial charge on any atom is -0.482 e. The first-order valence-corrected chi connectivity index (χ1v) is 7.82. The van der Waals surface area contributed by atoms with E-state index >= 15 is 0 Å². The standard InChI is InChI=1S/C17H21NO5/c1-3-9-18-13-10-12(5-7-15(13)23-11-16(18)20)14(19)6-8-17(21)22-4-2/h5,7,10H,3-4,6,8-9,11H2,1-2H3. The monoisotopic (exact) mass is 319 g/mol. The lowest BCUT2D eigenvalue weighted by molar-refractivity contribution is -0.143. The van der Waals surface area contributed by atoms with Crippen LogP contribution in [0, 0.1) is 0 Å². The van der Waals surface area contributed by atoms with Crippen LogP contribution < -0.4 is 9.64 Å². The number of fused-ring (bicyclic) bond motifs is 1. The number of carbonyl (C=O) groups is 3. The lowest BCUT2D eigenvalue weighted by atomic mass is 10.0. The zero-order valence-electron chi connectivity index (χ0n) is 13.5. The summed E-state index contributed by atoms with van der Waals surface area (Å²) in [4.78, 5) is 37.2. The Kier molecular flexibility index (Phi) is 5.73. The molecule has 1 aromatic rings. The van der Waals surface area contributed by atoms with Crippen LogP contribution in [-0.2, 0) is 14.3 Å². The summed E-state index contributed by atoms with van der Waals surface area (Å²) in [7, 11) is 0. The zero-order chi connectivity index (χ0) is 16.8. The predicted molar refractivity (Wildman–Crippen MR) is 84.8 cm³/mol. The summed E-state index contributed by atoms with van der Waals surface area (Å²) in [5.74, 6) is -0.0595. The van der Waals surface area contributed by atoms with Crippen LogP contribution >= 0.6 is 0 Å². The maximum Gasteiger partial charge on any atom is 0.306 e. The molecule has 0 saturated carbocycles. The summed E-state index contributed by atoms with van der Waals surface area (Å²) in [5, 5.41) is 0. The highest BCUT2D eigenvalue weighted by Crippen LogP contribution is 2.33. The second-order valence-corrected chi connectivity index (χ2v) is 5.24. The molecule has 1 aromatic carbocycles. The number of amides is 1. The third-order valence-electron chi connectivity index (χ3n) is 3.53. The van der Waals surface area contributed by atoms with Crippen molar-refractivity contribution in [2.75, 3.05) is 24.7 Å². The summed E-state index contributed by atoms with van der Waals surface area (Å²) < 4.78 is 10.2. The van der Waals surface area contributed by atoms with Gasteiger partial charge in [-0.15, -0.1) is 0 Å². The van der Waals surface area contributed by atoms with Crippen molar-refractivity contribution in [1.82, 2.24) is 0 Å². The van der Waals surface area contributed by atoms with Gasteiger partial charge in [-0.25, -0.2) is 0 Å². The minimum atomic E-state index is -0.384. The molecule has 0 bridgehead atoms. The number of benzene rings is 1. The molecule has 0 aliphatic carbocycles. The smallest absolute Gasteiger partial charge is 0.306 e. The molecule has 0 saturated heterocycles. The molecule has 0 aromatic heterocycles. The molecule has 0 spiro atoms. The molecule has 0 fully saturated rings. The van der Waals surface area contributed by atoms with Crippen molar-refractivity contribution in [2.45, 2.75) is 33.1 Å². The van der Waals surface area contributed by atoms with E-state index in [9.17, 15) is 14.4 Å². The van der Waals surface area contributed by atoms with Gasteiger partial charge in [-0.05, 0) is 31.5 Å². The van der Waals surface area contributed by atoms with E-state index in [1.54, 1.807) is 30.0 Å². The first kappa shape index (κ1) is 17.0. The van der Waals surface area contributed by atoms with E-state index < -0.39 is 0 Å². The van der Waals surface area contributed by atoms with Crippen molar-refractivity contribution in [2.24, 2.45) is 0 Å². The number of hydrogen-bond donors (Lipinski definition) is 0. The topological polar surface area (TPSA) is 72.9 Å². The van der Waals surface area contributed by atoms with Crippen LogP contribution in [-0.4, -0.2) is 37.4 Å². The molecular formula is C17H21NO5. The van der Waals surface area contributed by atoms with E-state index in [1.165, 1.54) is 0 Å². The number of anilines is 1. The number of esters is 1. The highest BCUT2D eigenvalue weighted by Gasteiger charge is 2.25. The third-order valence-corrected chi connectivity index (χ3v) is 3.53. The van der Waals surface area contributed by atoms with Crippen molar-refractivity contribution >= 4 is 23.3 Å². The molecule has 0 radical (unpaired) electrons. The normalized spacial score (nSPS) is 13.3. The Hall–Kier alpha value is -2.37. The van der Waals surface area contributed by atoms with Crippen LogP contribution in [0.4, 0.5) is 5.69 Å². The van der Waals surface area contributed by atoms with Gasteiger partial charge < -0.3 is 14.4 Å². The highest BCUT2D eigenvalue weighted by molar-refractivity contribution is 6.02. The SMILES string of the molecule is CCCN1C(=O)COc2ccc(C(=O)CCC(=O)OCC)cc21. The predicted octanol–water partition coefficient (Wildman–Crippen LogP) is 2.35. The minimum absolute atomic E-state index is 0.0170. The number of Topliss-reactive ketones (excluding diaryl/α,β-unsaturated/α-hetero) is 1. The number of hydrogen-bond acceptors (Lipinski definition) is 5. The Morgan fingerprint density at radius 2 is 2.04 bits per heavy atom. The maximum atomic E-state index is 12.2. The van der Waals surface area contributed by atoms with Gasteiger partial charge in [0.25, 0.3) is 5.91 Å². The number of carbonyl (C=O) groups excluding carboxylic acids is 3. The zero-order valence-corrected chi connectivity index (χ0v) is 13.5. The third kappa shape index (κ3) is 4.09. The molecule has 1 aliphatic heterocycles. The molecule has 23 heavy (non-hydrogen) atoms. The van der Waals surface area contributed by atoms with Gasteiger partial charge >= 0.3 is 5.97 Å². The maximum absolute atomic E-state index is 12.2. The fraction of sp³-hybridized carbons (Fsp3) is 0.471. The summed E-state index contributed by atoms with van der Waals surface area (Å²) in [5.41, 5.74) is 1.08. The molecule has 2 rings (SSSR count). The number of nitrogens with zero attached hydrogens (tertiary/aromatic N) is 1. The summed E-state index contributed by atoms with van der Waals surface area (Å²) in [6.45, 7) is 4.61. The van der Waals surface area contributed by atoms with Crippen molar-refractivity contribution in [1.29, 1.82) is 0 Å². The van der Waals surface area contributed by atoms with Crippen LogP contribution in [0.15, 0.2) is 18.2 Å². The van der Waals surface area contributed by atoms with Crippen molar-refractivity contribution in [3.05, 3.63) is 23.8 Å². The molecular weight excluding hydrogens is 298 g/mol. The van der Waals surface area contributed by atoms with Crippen molar-refractivity contribution in [3.63, 3.8) is 0 Å². The second kappa shape index (κ2) is 7.76. The number of ether oxygens (including phenoxy) is 2. The van der Waals surface area contributed by atoms with Gasteiger partial charge in [0.2, 0.25) is 0 Å². The van der Waals surface area contributed by atoms with E-state index in [2.05, 4.69) is 0 Å². The van der Waals surface area contributed by atoms with Gasteiger partial charge in [0, 0.05) is 18.5 Å². The van der Waals surface area contributed by atoms with Gasteiger partial charge in [-0.1, -0.05) is 6.92 Å². The Morgan fingerprint density at radius 1 is 1.26 bits per heavy atom. The largest absolute Gasteiger partial charge is 0.482 e. The lowest BCUT2D eigenvalue weighted by Crippen LogP contribution is -2.39. The van der Waals surface area contributed by atoms with Gasteiger partial charge in [0.15, 0.2) is 12.4 Å². The Labute approximate surface area is 135 Å². The molecule has 1 aliphatic rings. The quantitative estimate of drug-likeness (QED) is 0.570. The van der Waals surface area contributed by atoms with Gasteiger partial charge in [0.1, 0.15) is 5.75 Å². The molecule has 0 unspecified atom stereocenters. The average molecular weight is 319 g/mol. The van der Waals surface area contributed by atoms with Gasteiger partial charge in [0.05, 0.1) is 18.7 Å². The number of ketones is 1. The van der Waals surface area contributed by atoms with E-state index in [4.69, 9.17) is 9.47 Å². The van der Waals surface area contributed by atoms with Crippen LogP contribution in [0.1, 0.15) is 43.5 Å². The van der Waals surface area contributed by atoms with E-state index in [0.29, 0.717) is 30.2 Å². The summed E-state index contributed by atoms with van der Waals surface area (Å²) in [6, 6.07) is 5.02. The fourth-order valence-corrected chi connectivity index (χ4v) is 2.44. The Morgan fingerprint density at radius 3 is 2.74 bits per heavy atom. The van der Waals surface area contributed by atoms with Crippen LogP contribution in [0.5, 0.6) is 5.75 Å². The van der Waals surface area contributed by atoms with Crippen molar-refractivity contribution in [3.8, 4) is 5.75 Å². The molecule has 1 amide bonds. The van der Waals surface area contributed by atoms with E-state index in [1.807, 2.05) is 6.92 Å². The molecule has 6 heteroatoms. The van der Waals surface area contributed by atoms with Crippen LogP contribution in [0.2, 0.25) is 0 Å². The van der Waals surface area contributed by atoms with Crippen LogP contribution in [0.3, 0.4) is 0 Å². The summed E-state index contributed by atoms with van der Waals surface area (Å²) >= 11 is 0. The van der Waals surface area contributed by atoms with Crippen molar-refractivity contribution < 1.29 is 23.9 Å². The second-order valence-electron chi connectivity index (χ2n) is 5.24. The number of rotatable bonds is 7. The molecule has 0 atom stereocenters. The highest BCUT2D eigenvalue weighted by atomic mass is 16.5. The molecule has 0 N–H and O–H groups in total. The molecule has 1 heterocycles. The Bertz CT molecular complexity index is 611. The average Bonchev–Trinajstić information content (AvgIpc) is 2.55. The Balaban J connectivity index is 2.14. The first-order chi connectivity index (χ1) is 11.1. The van der Waals surface area contributed by atoms with E-state index in [0.717, 1.165) is 6.42 Å². The van der Waals surface area contributed by atoms with E-state index in [-0.39, 0.29) is 37.1 Å². The van der Waals surface area contributed by atoms with Crippen LogP contribution in [0.25, 0.3) is 0 Å². The van der Waals surface area contributed by atoms with Gasteiger partial charge in [-0.2, -0.15) is 0 Å². The molecule has 6 nitrogen and oxygen atoms in total. The first-order valence-electron chi connectivity index (χ1n) is 7.82. The lowest BCUT2D eigenvalue weighted by Gasteiger charge is -2.29. The fourth-order valence-electron chi connectivity index (χ4n) is 2.44.